The molecule has 28 heavy (non-hydrogen) atoms. The molecule has 1 amide bonds. The topological polar surface area (TPSA) is 109 Å². The highest BCUT2D eigenvalue weighted by Gasteiger charge is 2.19. The first kappa shape index (κ1) is 25.6. The Balaban J connectivity index is 0.00000364. The number of halogens is 2. The van der Waals surface area contributed by atoms with Crippen LogP contribution in [0.25, 0.3) is 0 Å². The average molecular weight is 430 g/mol. The third kappa shape index (κ3) is 7.30. The predicted molar refractivity (Wildman–Crippen MR) is 115 cm³/mol. The lowest BCUT2D eigenvalue weighted by atomic mass is 10.1. The summed E-state index contributed by atoms with van der Waals surface area (Å²) in [7, 11) is 1.84. The van der Waals surface area contributed by atoms with Crippen molar-refractivity contribution in [3.8, 4) is 0 Å². The molecule has 154 valence electrons. The van der Waals surface area contributed by atoms with Crippen LogP contribution < -0.4 is 16.0 Å². The molecule has 0 radical (unpaired) electrons. The van der Waals surface area contributed by atoms with Crippen LogP contribution in [-0.4, -0.2) is 36.0 Å². The van der Waals surface area contributed by atoms with E-state index in [0.29, 0.717) is 12.2 Å². The summed E-state index contributed by atoms with van der Waals surface area (Å²) < 4.78 is 0. The second-order valence-electron chi connectivity index (χ2n) is 5.82. The summed E-state index contributed by atoms with van der Waals surface area (Å²) in [5, 5.41) is 20.3. The zero-order chi connectivity index (χ0) is 18.9. The molecular weight excluding hydrogens is 405 g/mol. The minimum atomic E-state index is -0.495. The minimum absolute atomic E-state index is 0. The highest BCUT2D eigenvalue weighted by molar-refractivity contribution is 5.95. The van der Waals surface area contributed by atoms with E-state index in [-0.39, 0.29) is 48.0 Å². The zero-order valence-electron chi connectivity index (χ0n) is 15.7. The summed E-state index contributed by atoms with van der Waals surface area (Å²) in [4.78, 5) is 27.3. The number of nitro groups is 1. The number of pyridine rings is 1. The summed E-state index contributed by atoms with van der Waals surface area (Å²) in [6, 6.07) is 9.72. The van der Waals surface area contributed by atoms with E-state index in [1.807, 2.05) is 32.2 Å². The van der Waals surface area contributed by atoms with Crippen molar-refractivity contribution >= 4 is 42.1 Å². The standard InChI is InChI=1S/C18H23N5O3.2ClH/c1-13(15-6-3-4-10-20-15)22-16-8-7-14(12-17(16)23(25)26)18(24)21-11-5-9-19-2;;/h3-4,6-8,10,12-13,19,22H,5,9,11H2,1-2H3,(H,21,24);2*1H. The zero-order valence-corrected chi connectivity index (χ0v) is 17.3. The van der Waals surface area contributed by atoms with Gasteiger partial charge in [0.05, 0.1) is 16.7 Å². The number of nitro benzene ring substituents is 1. The van der Waals surface area contributed by atoms with Gasteiger partial charge in [-0.15, -0.1) is 24.8 Å². The molecular formula is C18H25Cl2N5O3. The summed E-state index contributed by atoms with van der Waals surface area (Å²) in [6.07, 6.45) is 2.45. The third-order valence-corrected chi connectivity index (χ3v) is 3.85. The fraction of sp³-hybridized carbons (Fsp3) is 0.333. The molecule has 0 saturated carbocycles. The summed E-state index contributed by atoms with van der Waals surface area (Å²) in [5.41, 5.74) is 1.24. The van der Waals surface area contributed by atoms with Crippen molar-refractivity contribution in [2.45, 2.75) is 19.4 Å². The molecule has 10 heteroatoms. The highest BCUT2D eigenvalue weighted by atomic mass is 35.5. The molecule has 1 atom stereocenters. The quantitative estimate of drug-likeness (QED) is 0.320. The molecule has 2 rings (SSSR count). The number of hydrogen-bond acceptors (Lipinski definition) is 6. The van der Waals surface area contributed by atoms with Gasteiger partial charge in [-0.1, -0.05) is 6.07 Å². The Morgan fingerprint density at radius 2 is 1.96 bits per heavy atom. The molecule has 0 bridgehead atoms. The number of benzene rings is 1. The molecule has 0 aliphatic carbocycles. The number of rotatable bonds is 9. The molecule has 0 spiro atoms. The number of amides is 1. The molecule has 0 aliphatic heterocycles. The molecule has 8 nitrogen and oxygen atoms in total. The molecule has 0 fully saturated rings. The third-order valence-electron chi connectivity index (χ3n) is 3.85. The fourth-order valence-electron chi connectivity index (χ4n) is 2.45. The fourth-order valence-corrected chi connectivity index (χ4v) is 2.45. The Labute approximate surface area is 176 Å². The van der Waals surface area contributed by atoms with Gasteiger partial charge in [0.2, 0.25) is 0 Å². The molecule has 0 saturated heterocycles. The van der Waals surface area contributed by atoms with Crippen molar-refractivity contribution in [1.82, 2.24) is 15.6 Å². The average Bonchev–Trinajstić information content (AvgIpc) is 2.65. The molecule has 1 aromatic heterocycles. The first-order valence-corrected chi connectivity index (χ1v) is 8.41. The van der Waals surface area contributed by atoms with E-state index in [0.717, 1.165) is 18.7 Å². The van der Waals surface area contributed by atoms with E-state index < -0.39 is 4.92 Å². The minimum Gasteiger partial charge on any atom is -0.371 e. The van der Waals surface area contributed by atoms with E-state index >= 15 is 0 Å². The number of carbonyl (C=O) groups excluding carboxylic acids is 1. The van der Waals surface area contributed by atoms with Crippen molar-refractivity contribution < 1.29 is 9.72 Å². The molecule has 1 heterocycles. The van der Waals surface area contributed by atoms with Crippen LogP contribution in [0.2, 0.25) is 0 Å². The Morgan fingerprint density at radius 1 is 1.21 bits per heavy atom. The lowest BCUT2D eigenvalue weighted by Gasteiger charge is -2.15. The lowest BCUT2D eigenvalue weighted by molar-refractivity contribution is -0.384. The van der Waals surface area contributed by atoms with Crippen molar-refractivity contribution in [2.24, 2.45) is 0 Å². The van der Waals surface area contributed by atoms with Gasteiger partial charge in [0, 0.05) is 24.4 Å². The van der Waals surface area contributed by atoms with Gasteiger partial charge in [-0.25, -0.2) is 0 Å². The van der Waals surface area contributed by atoms with Crippen LogP contribution >= 0.6 is 24.8 Å². The largest absolute Gasteiger partial charge is 0.371 e. The number of carbonyl (C=O) groups is 1. The van der Waals surface area contributed by atoms with Gasteiger partial charge in [0.1, 0.15) is 5.69 Å². The van der Waals surface area contributed by atoms with Gasteiger partial charge in [-0.2, -0.15) is 0 Å². The van der Waals surface area contributed by atoms with Crippen LogP contribution in [0.1, 0.15) is 35.4 Å². The number of nitrogens with one attached hydrogen (secondary N) is 3. The first-order valence-electron chi connectivity index (χ1n) is 8.41. The maximum Gasteiger partial charge on any atom is 0.293 e. The van der Waals surface area contributed by atoms with E-state index in [1.165, 1.54) is 6.07 Å². The molecule has 3 N–H and O–H groups in total. The smallest absolute Gasteiger partial charge is 0.293 e. The van der Waals surface area contributed by atoms with E-state index in [4.69, 9.17) is 0 Å². The van der Waals surface area contributed by atoms with Crippen LogP contribution in [0.5, 0.6) is 0 Å². The number of hydrogen-bond donors (Lipinski definition) is 3. The number of aromatic nitrogens is 1. The van der Waals surface area contributed by atoms with Crippen LogP contribution in [0, 0.1) is 10.1 Å². The molecule has 2 aromatic rings. The van der Waals surface area contributed by atoms with Gasteiger partial charge in [0.25, 0.3) is 11.6 Å². The van der Waals surface area contributed by atoms with Crippen molar-refractivity contribution in [2.75, 3.05) is 25.5 Å². The lowest BCUT2D eigenvalue weighted by Crippen LogP contribution is -2.26. The van der Waals surface area contributed by atoms with E-state index in [1.54, 1.807) is 18.3 Å². The van der Waals surface area contributed by atoms with Crippen molar-refractivity contribution in [3.63, 3.8) is 0 Å². The van der Waals surface area contributed by atoms with Crippen LogP contribution in [0.15, 0.2) is 42.6 Å². The van der Waals surface area contributed by atoms with Crippen molar-refractivity contribution in [3.05, 3.63) is 64.0 Å². The Morgan fingerprint density at radius 3 is 2.57 bits per heavy atom. The molecule has 1 unspecified atom stereocenters. The Bertz CT molecular complexity index is 762. The van der Waals surface area contributed by atoms with Gasteiger partial charge in [-0.3, -0.25) is 19.9 Å². The van der Waals surface area contributed by atoms with E-state index in [2.05, 4.69) is 20.9 Å². The summed E-state index contributed by atoms with van der Waals surface area (Å²) in [5.74, 6) is -0.325. The van der Waals surface area contributed by atoms with Gasteiger partial charge >= 0.3 is 0 Å². The monoisotopic (exact) mass is 429 g/mol. The van der Waals surface area contributed by atoms with Crippen LogP contribution in [0.3, 0.4) is 0 Å². The maximum atomic E-state index is 12.2. The van der Waals surface area contributed by atoms with Crippen LogP contribution in [-0.2, 0) is 0 Å². The number of anilines is 1. The summed E-state index contributed by atoms with van der Waals surface area (Å²) in [6.45, 7) is 3.16. The highest BCUT2D eigenvalue weighted by Crippen LogP contribution is 2.28. The normalized spacial score (nSPS) is 10.8. The van der Waals surface area contributed by atoms with Crippen molar-refractivity contribution in [1.29, 1.82) is 0 Å². The second kappa shape index (κ2) is 12.9. The Kier molecular flexibility index (Phi) is 11.8. The number of nitrogens with zero attached hydrogens (tertiary/aromatic N) is 2. The Hall–Kier alpha value is -2.42. The first-order chi connectivity index (χ1) is 12.5. The molecule has 1 aromatic carbocycles. The van der Waals surface area contributed by atoms with Crippen LogP contribution in [0.4, 0.5) is 11.4 Å². The van der Waals surface area contributed by atoms with Gasteiger partial charge < -0.3 is 16.0 Å². The van der Waals surface area contributed by atoms with Gasteiger partial charge in [0.15, 0.2) is 0 Å². The maximum absolute atomic E-state index is 12.2. The van der Waals surface area contributed by atoms with E-state index in [9.17, 15) is 14.9 Å². The van der Waals surface area contributed by atoms with Gasteiger partial charge in [-0.05, 0) is 51.2 Å². The second-order valence-corrected chi connectivity index (χ2v) is 5.82. The summed E-state index contributed by atoms with van der Waals surface area (Å²) >= 11 is 0. The predicted octanol–water partition coefficient (Wildman–Crippen LogP) is 3.35. The SMILES string of the molecule is CNCCCNC(=O)c1ccc(NC(C)c2ccccn2)c([N+](=O)[O-])c1.Cl.Cl. The molecule has 0 aliphatic rings.